The van der Waals surface area contributed by atoms with E-state index in [0.717, 1.165) is 82.3 Å². The van der Waals surface area contributed by atoms with Gasteiger partial charge >= 0.3 is 0 Å². The molecule has 0 fully saturated rings. The van der Waals surface area contributed by atoms with E-state index < -0.39 is 0 Å². The highest BCUT2D eigenvalue weighted by atomic mass is 35.5. The van der Waals surface area contributed by atoms with Crippen molar-refractivity contribution in [3.8, 4) is 45.0 Å². The minimum absolute atomic E-state index is 0.670. The molecule has 2 aromatic heterocycles. The molecular formula is C42H25ClN2O. The maximum atomic E-state index is 6.66. The van der Waals surface area contributed by atoms with Gasteiger partial charge in [0.1, 0.15) is 11.2 Å². The topological polar surface area (TPSA) is 38.9 Å². The Bertz CT molecular complexity index is 2610. The molecule has 216 valence electrons. The van der Waals surface area contributed by atoms with E-state index >= 15 is 0 Å². The van der Waals surface area contributed by atoms with Crippen LogP contribution in [-0.4, -0.2) is 9.97 Å². The van der Waals surface area contributed by atoms with Crippen LogP contribution >= 0.6 is 11.6 Å². The van der Waals surface area contributed by atoms with Crippen LogP contribution in [0.3, 0.4) is 0 Å². The Balaban J connectivity index is 1.24. The lowest BCUT2D eigenvalue weighted by molar-refractivity contribution is 0.674. The fraction of sp³-hybridized carbons (Fsp3) is 0. The van der Waals surface area contributed by atoms with Gasteiger partial charge in [-0.05, 0) is 40.6 Å². The molecule has 0 aliphatic heterocycles. The Labute approximate surface area is 270 Å². The van der Waals surface area contributed by atoms with Crippen LogP contribution in [0.5, 0.6) is 0 Å². The monoisotopic (exact) mass is 608 g/mol. The molecule has 46 heavy (non-hydrogen) atoms. The van der Waals surface area contributed by atoms with E-state index in [9.17, 15) is 0 Å². The van der Waals surface area contributed by atoms with E-state index in [1.165, 1.54) is 5.39 Å². The molecular weight excluding hydrogens is 584 g/mol. The number of halogens is 1. The van der Waals surface area contributed by atoms with Crippen LogP contribution in [0.1, 0.15) is 0 Å². The summed E-state index contributed by atoms with van der Waals surface area (Å²) in [4.78, 5) is 10.2. The summed E-state index contributed by atoms with van der Waals surface area (Å²) in [5.41, 5.74) is 8.55. The van der Waals surface area contributed by atoms with Gasteiger partial charge in [-0.3, -0.25) is 0 Å². The number of aromatic nitrogens is 2. The summed E-state index contributed by atoms with van der Waals surface area (Å²) in [6.07, 6.45) is 0. The second-order valence-electron chi connectivity index (χ2n) is 11.5. The summed E-state index contributed by atoms with van der Waals surface area (Å²) in [7, 11) is 0. The van der Waals surface area contributed by atoms with Crippen molar-refractivity contribution in [2.45, 2.75) is 0 Å². The third kappa shape index (κ3) is 4.36. The molecule has 0 N–H and O–H groups in total. The molecule has 9 rings (SSSR count). The van der Waals surface area contributed by atoms with Gasteiger partial charge in [-0.2, -0.15) is 0 Å². The highest BCUT2D eigenvalue weighted by molar-refractivity contribution is 6.36. The smallest absolute Gasteiger partial charge is 0.160 e. The van der Waals surface area contributed by atoms with E-state index in [0.29, 0.717) is 5.82 Å². The first-order valence-electron chi connectivity index (χ1n) is 15.3. The van der Waals surface area contributed by atoms with Gasteiger partial charge in [-0.1, -0.05) is 139 Å². The number of rotatable bonds is 4. The fourth-order valence-corrected chi connectivity index (χ4v) is 6.76. The standard InChI is InChI=1S/C42H25ClN2O/c43-37-23-22-34(32-16-6-7-17-33(32)37)39-25-38(44-42(45-39)27-11-2-1-3-12-27)29-14-8-13-28(24-29)31-18-9-19-35-36-21-20-26-10-4-5-15-30(26)40(36)46-41(31)35/h1-25H. The molecule has 0 amide bonds. The van der Waals surface area contributed by atoms with Gasteiger partial charge in [0.2, 0.25) is 0 Å². The van der Waals surface area contributed by atoms with Crippen LogP contribution in [-0.2, 0) is 0 Å². The number of furan rings is 1. The summed E-state index contributed by atoms with van der Waals surface area (Å²) in [6.45, 7) is 0. The van der Waals surface area contributed by atoms with Crippen LogP contribution in [0.15, 0.2) is 156 Å². The first kappa shape index (κ1) is 26.6. The Morgan fingerprint density at radius 1 is 0.413 bits per heavy atom. The molecule has 0 spiro atoms. The number of nitrogens with zero attached hydrogens (tertiary/aromatic N) is 2. The lowest BCUT2D eigenvalue weighted by atomic mass is 9.97. The highest BCUT2D eigenvalue weighted by Gasteiger charge is 2.17. The molecule has 7 aromatic carbocycles. The quantitative estimate of drug-likeness (QED) is 0.199. The third-order valence-corrected chi connectivity index (χ3v) is 9.09. The average Bonchev–Trinajstić information content (AvgIpc) is 3.52. The number of hydrogen-bond acceptors (Lipinski definition) is 3. The Kier molecular flexibility index (Phi) is 6.19. The maximum Gasteiger partial charge on any atom is 0.160 e. The van der Waals surface area contributed by atoms with Crippen LogP contribution < -0.4 is 0 Å². The summed E-state index contributed by atoms with van der Waals surface area (Å²) in [6, 6.07) is 52.0. The Hall–Kier alpha value is -5.77. The number of hydrogen-bond donors (Lipinski definition) is 0. The summed E-state index contributed by atoms with van der Waals surface area (Å²) >= 11 is 6.60. The van der Waals surface area contributed by atoms with Crippen LogP contribution in [0.2, 0.25) is 5.02 Å². The van der Waals surface area contributed by atoms with E-state index in [-0.39, 0.29) is 0 Å². The number of fused-ring (bicyclic) bond motifs is 6. The van der Waals surface area contributed by atoms with Gasteiger partial charge in [-0.15, -0.1) is 0 Å². The average molecular weight is 609 g/mol. The summed E-state index contributed by atoms with van der Waals surface area (Å²) < 4.78 is 6.66. The van der Waals surface area contributed by atoms with Crippen LogP contribution in [0.25, 0.3) is 88.5 Å². The molecule has 0 aliphatic rings. The molecule has 0 radical (unpaired) electrons. The van der Waals surface area contributed by atoms with Crippen LogP contribution in [0, 0.1) is 0 Å². The van der Waals surface area contributed by atoms with Crippen molar-refractivity contribution in [2.24, 2.45) is 0 Å². The second kappa shape index (κ2) is 10.7. The molecule has 0 bridgehead atoms. The Morgan fingerprint density at radius 3 is 1.98 bits per heavy atom. The summed E-state index contributed by atoms with van der Waals surface area (Å²) in [5, 5.41) is 7.28. The van der Waals surface area contributed by atoms with Gasteiger partial charge in [0.05, 0.1) is 11.4 Å². The minimum Gasteiger partial charge on any atom is -0.455 e. The van der Waals surface area contributed by atoms with Crippen molar-refractivity contribution in [3.05, 3.63) is 157 Å². The summed E-state index contributed by atoms with van der Waals surface area (Å²) in [5.74, 6) is 0.670. The molecule has 4 heteroatoms. The number of para-hydroxylation sites is 1. The zero-order valence-electron chi connectivity index (χ0n) is 24.6. The van der Waals surface area contributed by atoms with Gasteiger partial charge in [-0.25, -0.2) is 9.97 Å². The van der Waals surface area contributed by atoms with Crippen molar-refractivity contribution >= 4 is 55.1 Å². The lowest BCUT2D eigenvalue weighted by Crippen LogP contribution is -1.96. The van der Waals surface area contributed by atoms with E-state index in [1.807, 2.05) is 60.7 Å². The van der Waals surface area contributed by atoms with Crippen molar-refractivity contribution in [1.82, 2.24) is 9.97 Å². The SMILES string of the molecule is Clc1ccc(-c2cc(-c3cccc(-c4cccc5c4oc4c6ccccc6ccc54)c3)nc(-c3ccccc3)n2)c2ccccc12. The van der Waals surface area contributed by atoms with E-state index in [4.69, 9.17) is 26.0 Å². The molecule has 2 heterocycles. The fourth-order valence-electron chi connectivity index (χ4n) is 6.53. The minimum atomic E-state index is 0.670. The van der Waals surface area contributed by atoms with Gasteiger partial charge < -0.3 is 4.42 Å². The first-order chi connectivity index (χ1) is 22.7. The predicted octanol–water partition coefficient (Wildman–Crippen LogP) is 12.0. The molecule has 0 aliphatic carbocycles. The molecule has 9 aromatic rings. The van der Waals surface area contributed by atoms with E-state index in [2.05, 4.69) is 91.0 Å². The largest absolute Gasteiger partial charge is 0.455 e. The lowest BCUT2D eigenvalue weighted by Gasteiger charge is -2.12. The highest BCUT2D eigenvalue weighted by Crippen LogP contribution is 2.40. The normalized spacial score (nSPS) is 11.6. The maximum absolute atomic E-state index is 6.66. The molecule has 0 atom stereocenters. The van der Waals surface area contributed by atoms with Gasteiger partial charge in [0.15, 0.2) is 5.82 Å². The van der Waals surface area contributed by atoms with Gasteiger partial charge in [0.25, 0.3) is 0 Å². The molecule has 0 saturated heterocycles. The Morgan fingerprint density at radius 2 is 1.09 bits per heavy atom. The van der Waals surface area contributed by atoms with Gasteiger partial charge in [0, 0.05) is 48.8 Å². The second-order valence-corrected chi connectivity index (χ2v) is 11.9. The van der Waals surface area contributed by atoms with Crippen molar-refractivity contribution in [1.29, 1.82) is 0 Å². The third-order valence-electron chi connectivity index (χ3n) is 8.76. The first-order valence-corrected chi connectivity index (χ1v) is 15.6. The van der Waals surface area contributed by atoms with Crippen molar-refractivity contribution < 1.29 is 4.42 Å². The van der Waals surface area contributed by atoms with E-state index in [1.54, 1.807) is 0 Å². The molecule has 0 unspecified atom stereocenters. The van der Waals surface area contributed by atoms with Crippen LogP contribution in [0.4, 0.5) is 0 Å². The zero-order chi connectivity index (χ0) is 30.6. The van der Waals surface area contributed by atoms with Crippen molar-refractivity contribution in [3.63, 3.8) is 0 Å². The molecule has 3 nitrogen and oxygen atoms in total. The molecule has 0 saturated carbocycles. The number of benzene rings is 7. The zero-order valence-corrected chi connectivity index (χ0v) is 25.4. The van der Waals surface area contributed by atoms with Crippen molar-refractivity contribution in [2.75, 3.05) is 0 Å². The predicted molar refractivity (Wildman–Crippen MR) is 191 cm³/mol.